The molecule has 4 aromatic carbocycles. The molecule has 4 aliphatic rings. The molecule has 3 heterocycles. The smallest absolute Gasteiger partial charge is 0.189 e. The number of ketones is 2. The van der Waals surface area contributed by atoms with Crippen LogP contribution in [0.3, 0.4) is 0 Å². The predicted molar refractivity (Wildman–Crippen MR) is 168 cm³/mol. The summed E-state index contributed by atoms with van der Waals surface area (Å²) < 4.78 is 0. The monoisotopic (exact) mass is 592 g/mol. The van der Waals surface area contributed by atoms with Crippen LogP contribution in [0.4, 0.5) is 0 Å². The maximum atomic E-state index is 15.5. The highest BCUT2D eigenvalue weighted by atomic mass is 35.5. The number of rotatable bonds is 2. The molecule has 3 fully saturated rings. The van der Waals surface area contributed by atoms with Crippen LogP contribution in [0, 0.1) is 5.41 Å². The van der Waals surface area contributed by atoms with Crippen molar-refractivity contribution in [3.63, 3.8) is 0 Å². The highest BCUT2D eigenvalue weighted by Crippen LogP contribution is 2.69. The van der Waals surface area contributed by atoms with Gasteiger partial charge in [0.1, 0.15) is 5.54 Å². The van der Waals surface area contributed by atoms with Gasteiger partial charge in [0.2, 0.25) is 0 Å². The number of likely N-dealkylation sites (N-methyl/N-ethyl adjacent to an activating group) is 1. The number of halogens is 2. The number of Topliss-reactive ketones (excluding diaryl/α,β-unsaturated/α-hetero) is 2. The fraction of sp³-hybridized carbons (Fsp3) is 0.278. The van der Waals surface area contributed by atoms with E-state index in [0.717, 1.165) is 58.0 Å². The van der Waals surface area contributed by atoms with Gasteiger partial charge >= 0.3 is 0 Å². The molecule has 2 spiro atoms. The summed E-state index contributed by atoms with van der Waals surface area (Å²) >= 11 is 12.6. The summed E-state index contributed by atoms with van der Waals surface area (Å²) in [5, 5.41) is 3.36. The van der Waals surface area contributed by atoms with Crippen LogP contribution in [0.5, 0.6) is 0 Å². The first kappa shape index (κ1) is 26.4. The Morgan fingerprint density at radius 1 is 0.857 bits per heavy atom. The average Bonchev–Trinajstić information content (AvgIpc) is 3.62. The van der Waals surface area contributed by atoms with Gasteiger partial charge in [0.15, 0.2) is 11.6 Å². The third-order valence-corrected chi connectivity index (χ3v) is 10.8. The van der Waals surface area contributed by atoms with E-state index in [9.17, 15) is 0 Å². The fourth-order valence-corrected chi connectivity index (χ4v) is 9.26. The maximum Gasteiger partial charge on any atom is 0.189 e. The van der Waals surface area contributed by atoms with Gasteiger partial charge in [0.25, 0.3) is 0 Å². The van der Waals surface area contributed by atoms with Crippen molar-refractivity contribution in [2.75, 3.05) is 26.7 Å². The van der Waals surface area contributed by atoms with Crippen molar-refractivity contribution in [2.45, 2.75) is 30.3 Å². The molecule has 210 valence electrons. The Kier molecular flexibility index (Phi) is 5.87. The lowest BCUT2D eigenvalue weighted by Gasteiger charge is -2.52. The summed E-state index contributed by atoms with van der Waals surface area (Å²) in [6.07, 6.45) is 3.92. The van der Waals surface area contributed by atoms with Gasteiger partial charge in [-0.15, -0.1) is 0 Å². The quantitative estimate of drug-likeness (QED) is 0.228. The number of carbonyl (C=O) groups is 2. The fourth-order valence-electron chi connectivity index (χ4n) is 9.01. The minimum Gasteiger partial charge on any atom is -0.301 e. The van der Waals surface area contributed by atoms with E-state index in [4.69, 9.17) is 23.2 Å². The number of nitrogens with zero attached hydrogens (tertiary/aromatic N) is 2. The Hall–Kier alpha value is -3.28. The number of likely N-dealkylation sites (tertiary alicyclic amines) is 1. The van der Waals surface area contributed by atoms with E-state index in [1.807, 2.05) is 54.6 Å². The Balaban J connectivity index is 1.45. The molecule has 42 heavy (non-hydrogen) atoms. The average molecular weight is 594 g/mol. The Morgan fingerprint density at radius 3 is 2.29 bits per heavy atom. The lowest BCUT2D eigenvalue weighted by molar-refractivity contribution is -0.134. The third-order valence-electron chi connectivity index (χ3n) is 10.3. The maximum absolute atomic E-state index is 15.5. The number of hydrogen-bond donors (Lipinski definition) is 0. The van der Waals surface area contributed by atoms with Crippen molar-refractivity contribution in [2.24, 2.45) is 5.41 Å². The molecular weight excluding hydrogens is 563 g/mol. The highest BCUT2D eigenvalue weighted by molar-refractivity contribution is 6.31. The molecule has 0 N–H and O–H groups in total. The molecule has 8 rings (SSSR count). The first-order chi connectivity index (χ1) is 20.4. The summed E-state index contributed by atoms with van der Waals surface area (Å²) in [7, 11) is 2.08. The molecule has 0 radical (unpaired) electrons. The van der Waals surface area contributed by atoms with Crippen molar-refractivity contribution in [3.05, 3.63) is 123 Å². The summed E-state index contributed by atoms with van der Waals surface area (Å²) in [6.45, 7) is 1.78. The lowest BCUT2D eigenvalue weighted by atomic mass is 9.54. The molecule has 1 unspecified atom stereocenters. The van der Waals surface area contributed by atoms with Crippen molar-refractivity contribution >= 4 is 51.6 Å². The van der Waals surface area contributed by atoms with E-state index in [1.165, 1.54) is 0 Å². The van der Waals surface area contributed by atoms with Gasteiger partial charge in [-0.05, 0) is 84.2 Å². The van der Waals surface area contributed by atoms with Gasteiger partial charge in [-0.2, -0.15) is 0 Å². The largest absolute Gasteiger partial charge is 0.301 e. The number of hydrogen-bond acceptors (Lipinski definition) is 4. The Morgan fingerprint density at radius 2 is 1.55 bits per heavy atom. The first-order valence-electron chi connectivity index (χ1n) is 14.6. The van der Waals surface area contributed by atoms with E-state index >= 15 is 9.59 Å². The molecule has 0 bridgehead atoms. The van der Waals surface area contributed by atoms with Gasteiger partial charge in [-0.25, -0.2) is 0 Å². The standard InChI is InChI=1S/C36H30Cl2N2O2/c1-39-20-25(19-22-10-14-26(37)15-11-22)33(41)35(21-39)32(24-12-16-27(38)17-13-24)30-9-4-18-40(30)36(35)29-8-3-6-23-5-2-7-28(31(23)29)34(36)42/h2-3,5-8,10-17,19,30,32H,4,9,18,20-21H2,1H3/b25-19+/t30?,32-,35-,36-/m0/s1. The zero-order valence-electron chi connectivity index (χ0n) is 23.3. The molecule has 3 aliphatic heterocycles. The van der Waals surface area contributed by atoms with Crippen molar-refractivity contribution < 1.29 is 9.59 Å². The van der Waals surface area contributed by atoms with E-state index in [-0.39, 0.29) is 23.5 Å². The summed E-state index contributed by atoms with van der Waals surface area (Å²) in [5.74, 6) is -0.0510. The topological polar surface area (TPSA) is 40.6 Å². The zero-order valence-corrected chi connectivity index (χ0v) is 24.8. The van der Waals surface area contributed by atoms with Crippen molar-refractivity contribution in [1.82, 2.24) is 9.80 Å². The van der Waals surface area contributed by atoms with Gasteiger partial charge in [-0.1, -0.05) is 83.9 Å². The van der Waals surface area contributed by atoms with Crippen LogP contribution in [-0.4, -0.2) is 54.1 Å². The molecule has 0 saturated carbocycles. The summed E-state index contributed by atoms with van der Waals surface area (Å²) in [4.78, 5) is 35.4. The molecule has 4 nitrogen and oxygen atoms in total. The van der Waals surface area contributed by atoms with E-state index in [0.29, 0.717) is 23.1 Å². The van der Waals surface area contributed by atoms with Gasteiger partial charge < -0.3 is 4.90 Å². The van der Waals surface area contributed by atoms with Crippen molar-refractivity contribution in [3.8, 4) is 0 Å². The van der Waals surface area contributed by atoms with Crippen LogP contribution in [-0.2, 0) is 10.3 Å². The predicted octanol–water partition coefficient (Wildman–Crippen LogP) is 7.38. The van der Waals surface area contributed by atoms with E-state index in [2.05, 4.69) is 53.2 Å². The van der Waals surface area contributed by atoms with Crippen LogP contribution in [0.15, 0.2) is 90.5 Å². The van der Waals surface area contributed by atoms with Gasteiger partial charge in [0, 0.05) is 46.2 Å². The Bertz CT molecular complexity index is 1810. The molecule has 0 amide bonds. The molecule has 3 saturated heterocycles. The number of benzene rings is 4. The molecule has 4 atom stereocenters. The summed E-state index contributed by atoms with van der Waals surface area (Å²) in [6, 6.07) is 27.9. The van der Waals surface area contributed by atoms with Crippen LogP contribution < -0.4 is 0 Å². The normalized spacial score (nSPS) is 29.9. The van der Waals surface area contributed by atoms with Crippen LogP contribution in [0.1, 0.15) is 45.8 Å². The van der Waals surface area contributed by atoms with E-state index in [1.54, 1.807) is 0 Å². The number of fused-ring (bicyclic) bond motifs is 4. The lowest BCUT2D eigenvalue weighted by Crippen LogP contribution is -2.65. The number of piperidine rings is 1. The second kappa shape index (κ2) is 9.36. The van der Waals surface area contributed by atoms with Crippen LogP contribution >= 0.6 is 23.2 Å². The zero-order chi connectivity index (χ0) is 28.8. The minimum atomic E-state index is -1.10. The number of carbonyl (C=O) groups excluding carboxylic acids is 2. The second-order valence-corrected chi connectivity index (χ2v) is 13.2. The molecule has 0 aromatic heterocycles. The molecule has 6 heteroatoms. The molecule has 4 aromatic rings. The van der Waals surface area contributed by atoms with E-state index < -0.39 is 11.0 Å². The van der Waals surface area contributed by atoms with Crippen LogP contribution in [0.25, 0.3) is 16.8 Å². The molecule has 1 aliphatic carbocycles. The third kappa shape index (κ3) is 3.32. The Labute approximate surface area is 255 Å². The van der Waals surface area contributed by atoms with Gasteiger partial charge in [0.05, 0.1) is 5.41 Å². The second-order valence-electron chi connectivity index (χ2n) is 12.4. The SMILES string of the molecule is CN1C/C(=C\c2ccc(Cl)cc2)C(=O)[C@]2(C1)[C@@H](c1ccc(Cl)cc1)C1CCCN1[C@@]21C(=O)c2cccc3cccc1c23. The minimum absolute atomic E-state index is 0.0481. The van der Waals surface area contributed by atoms with Crippen molar-refractivity contribution in [1.29, 1.82) is 0 Å². The summed E-state index contributed by atoms with van der Waals surface area (Å²) in [5.41, 5.74) is 2.29. The molecular formula is C36H30Cl2N2O2. The first-order valence-corrected chi connectivity index (χ1v) is 15.4. The highest BCUT2D eigenvalue weighted by Gasteiger charge is 2.78. The van der Waals surface area contributed by atoms with Gasteiger partial charge in [-0.3, -0.25) is 14.5 Å². The van der Waals surface area contributed by atoms with Crippen LogP contribution in [0.2, 0.25) is 10.0 Å².